The molecule has 0 radical (unpaired) electrons. The molecule has 0 heterocycles. The summed E-state index contributed by atoms with van der Waals surface area (Å²) in [6.45, 7) is 4.43. The van der Waals surface area contributed by atoms with Crippen LogP contribution in [0.1, 0.15) is 65.2 Å². The van der Waals surface area contributed by atoms with Crippen molar-refractivity contribution in [3.63, 3.8) is 0 Å². The molecule has 0 bridgehead atoms. The SMILES string of the molecule is CCCCCCC#CC(=N\c1ccccc1)/C(CCCC)=N/c1ccccc1.[Ni]. The molecule has 0 saturated carbocycles. The number of benzene rings is 2. The van der Waals surface area contributed by atoms with Crippen molar-refractivity contribution in [1.82, 2.24) is 0 Å². The molecule has 0 aliphatic carbocycles. The van der Waals surface area contributed by atoms with Crippen LogP contribution >= 0.6 is 0 Å². The number of hydrogen-bond acceptors (Lipinski definition) is 2. The van der Waals surface area contributed by atoms with Gasteiger partial charge in [-0.2, -0.15) is 0 Å². The second-order valence-electron chi connectivity index (χ2n) is 6.91. The van der Waals surface area contributed by atoms with E-state index in [1.54, 1.807) is 0 Å². The molecule has 0 spiro atoms. The molecule has 3 heteroatoms. The summed E-state index contributed by atoms with van der Waals surface area (Å²) in [5.41, 5.74) is 3.67. The fourth-order valence-electron chi connectivity index (χ4n) is 2.81. The number of para-hydroxylation sites is 2. The zero-order valence-electron chi connectivity index (χ0n) is 17.6. The van der Waals surface area contributed by atoms with E-state index in [9.17, 15) is 0 Å². The Morgan fingerprint density at radius 3 is 1.90 bits per heavy atom. The van der Waals surface area contributed by atoms with E-state index in [0.717, 1.165) is 54.9 Å². The molecule has 0 amide bonds. The van der Waals surface area contributed by atoms with Crippen LogP contribution in [-0.4, -0.2) is 11.4 Å². The van der Waals surface area contributed by atoms with E-state index in [4.69, 9.17) is 9.98 Å². The normalized spacial score (nSPS) is 11.4. The van der Waals surface area contributed by atoms with Crippen molar-refractivity contribution in [2.45, 2.75) is 65.2 Å². The van der Waals surface area contributed by atoms with Crippen LogP contribution < -0.4 is 0 Å². The maximum atomic E-state index is 4.90. The number of hydrogen-bond donors (Lipinski definition) is 0. The van der Waals surface area contributed by atoms with Gasteiger partial charge in [0.15, 0.2) is 0 Å². The monoisotopic (exact) mass is 430 g/mol. The Hall–Kier alpha value is -2.17. The molecule has 2 rings (SSSR count). The molecule has 0 aliphatic rings. The molecule has 2 aromatic rings. The molecule has 2 nitrogen and oxygen atoms in total. The Balaban J connectivity index is 0.00000420. The van der Waals surface area contributed by atoms with E-state index in [2.05, 4.69) is 25.7 Å². The van der Waals surface area contributed by atoms with E-state index in [1.807, 2.05) is 60.7 Å². The Morgan fingerprint density at radius 1 is 0.724 bits per heavy atom. The van der Waals surface area contributed by atoms with Gasteiger partial charge in [-0.1, -0.05) is 81.8 Å². The third kappa shape index (κ3) is 10.3. The van der Waals surface area contributed by atoms with E-state index in [1.165, 1.54) is 19.3 Å². The van der Waals surface area contributed by atoms with Crippen LogP contribution in [0.2, 0.25) is 0 Å². The molecule has 2 aromatic carbocycles. The molecule has 0 N–H and O–H groups in total. The van der Waals surface area contributed by atoms with Crippen LogP contribution in [0.3, 0.4) is 0 Å². The van der Waals surface area contributed by atoms with Crippen molar-refractivity contribution in [1.29, 1.82) is 0 Å². The van der Waals surface area contributed by atoms with Crippen molar-refractivity contribution in [2.24, 2.45) is 9.98 Å². The van der Waals surface area contributed by atoms with Gasteiger partial charge in [-0.3, -0.25) is 4.99 Å². The Labute approximate surface area is 186 Å². The van der Waals surface area contributed by atoms with Gasteiger partial charge in [-0.15, -0.1) is 0 Å². The third-order valence-corrected chi connectivity index (χ3v) is 4.42. The molecular formula is C26H32N2Ni. The summed E-state index contributed by atoms with van der Waals surface area (Å²) in [5.74, 6) is 6.69. The third-order valence-electron chi connectivity index (χ3n) is 4.42. The van der Waals surface area contributed by atoms with Gasteiger partial charge in [0.05, 0.1) is 17.1 Å². The first-order valence-electron chi connectivity index (χ1n) is 10.6. The summed E-state index contributed by atoms with van der Waals surface area (Å²) in [7, 11) is 0. The maximum absolute atomic E-state index is 4.90. The second-order valence-corrected chi connectivity index (χ2v) is 6.91. The van der Waals surface area contributed by atoms with Crippen molar-refractivity contribution in [2.75, 3.05) is 0 Å². The second kappa shape index (κ2) is 15.7. The van der Waals surface area contributed by atoms with Crippen LogP contribution in [0.15, 0.2) is 70.6 Å². The van der Waals surface area contributed by atoms with E-state index in [-0.39, 0.29) is 16.5 Å². The number of nitrogens with zero attached hydrogens (tertiary/aromatic N) is 2. The van der Waals surface area contributed by atoms with Crippen molar-refractivity contribution >= 4 is 22.8 Å². The predicted molar refractivity (Wildman–Crippen MR) is 123 cm³/mol. The van der Waals surface area contributed by atoms with E-state index >= 15 is 0 Å². The van der Waals surface area contributed by atoms with Crippen molar-refractivity contribution in [3.8, 4) is 11.8 Å². The maximum Gasteiger partial charge on any atom is 0.135 e. The first-order chi connectivity index (χ1) is 13.8. The summed E-state index contributed by atoms with van der Waals surface area (Å²) >= 11 is 0. The summed E-state index contributed by atoms with van der Waals surface area (Å²) < 4.78 is 0. The molecule has 0 atom stereocenters. The van der Waals surface area contributed by atoms with Crippen LogP contribution in [0.4, 0.5) is 11.4 Å². The van der Waals surface area contributed by atoms with E-state index < -0.39 is 0 Å². The van der Waals surface area contributed by atoms with Crippen LogP contribution in [-0.2, 0) is 16.5 Å². The first kappa shape index (κ1) is 24.9. The van der Waals surface area contributed by atoms with Crippen molar-refractivity contribution in [3.05, 3.63) is 60.7 Å². The number of aliphatic imine (C=N–C) groups is 2. The average Bonchev–Trinajstić information content (AvgIpc) is 2.74. The molecule has 29 heavy (non-hydrogen) atoms. The van der Waals surface area contributed by atoms with Gasteiger partial charge >= 0.3 is 0 Å². The van der Waals surface area contributed by atoms with E-state index in [0.29, 0.717) is 0 Å². The summed E-state index contributed by atoms with van der Waals surface area (Å²) in [5, 5.41) is 0. The minimum atomic E-state index is 0. The average molecular weight is 431 g/mol. The van der Waals surface area contributed by atoms with Crippen LogP contribution in [0.25, 0.3) is 0 Å². The number of unbranched alkanes of at least 4 members (excludes halogenated alkanes) is 5. The van der Waals surface area contributed by atoms with Gasteiger partial charge in [0.1, 0.15) is 5.71 Å². The van der Waals surface area contributed by atoms with Gasteiger partial charge in [0.2, 0.25) is 0 Å². The summed E-state index contributed by atoms with van der Waals surface area (Å²) in [6.07, 6.45) is 8.94. The van der Waals surface area contributed by atoms with Crippen LogP contribution in [0, 0.1) is 11.8 Å². The van der Waals surface area contributed by atoms with Crippen LogP contribution in [0.5, 0.6) is 0 Å². The van der Waals surface area contributed by atoms with Crippen molar-refractivity contribution < 1.29 is 16.5 Å². The zero-order chi connectivity index (χ0) is 19.9. The topological polar surface area (TPSA) is 24.7 Å². The van der Waals surface area contributed by atoms with Gasteiger partial charge < -0.3 is 0 Å². The summed E-state index contributed by atoms with van der Waals surface area (Å²) in [6, 6.07) is 20.2. The Morgan fingerprint density at radius 2 is 1.31 bits per heavy atom. The molecule has 0 fully saturated rings. The molecule has 0 unspecified atom stereocenters. The fraction of sp³-hybridized carbons (Fsp3) is 0.385. The molecule has 0 aromatic heterocycles. The summed E-state index contributed by atoms with van der Waals surface area (Å²) in [4.78, 5) is 9.76. The Kier molecular flexibility index (Phi) is 13.5. The quantitative estimate of drug-likeness (QED) is 0.159. The number of rotatable bonds is 10. The molecule has 0 saturated heterocycles. The first-order valence-corrected chi connectivity index (χ1v) is 10.6. The smallest absolute Gasteiger partial charge is 0.135 e. The van der Waals surface area contributed by atoms with Gasteiger partial charge in [0.25, 0.3) is 0 Å². The zero-order valence-corrected chi connectivity index (χ0v) is 18.6. The Bertz CT molecular complexity index is 799. The molecule has 156 valence electrons. The fourth-order valence-corrected chi connectivity index (χ4v) is 2.81. The molecular weight excluding hydrogens is 399 g/mol. The predicted octanol–water partition coefficient (Wildman–Crippen LogP) is 7.69. The van der Waals surface area contributed by atoms with Gasteiger partial charge in [-0.25, -0.2) is 4.99 Å². The van der Waals surface area contributed by atoms with Gasteiger partial charge in [0, 0.05) is 22.9 Å². The minimum absolute atomic E-state index is 0. The van der Waals surface area contributed by atoms with Gasteiger partial charge in [-0.05, 0) is 49.4 Å². The molecule has 0 aliphatic heterocycles. The minimum Gasteiger partial charge on any atom is -0.251 e. The standard InChI is InChI=1S/C26H32N2.Ni/c1-3-5-7-8-9-16-22-26(28-24-19-14-11-15-20-24)25(21-6-4-2)27-23-17-12-10-13-18-23;/h10-15,17-20H,3-9,21H2,1-2H3;/b27-25+,28-26+;. The largest absolute Gasteiger partial charge is 0.251 e.